The Labute approximate surface area is 146 Å². The number of benzene rings is 2. The molecule has 1 aliphatic carbocycles. The monoisotopic (exact) mass is 330 g/mol. The maximum atomic E-state index is 12.5. The van der Waals surface area contributed by atoms with Crippen LogP contribution < -0.4 is 0 Å². The molecule has 0 bridgehead atoms. The van der Waals surface area contributed by atoms with E-state index < -0.39 is 0 Å². The Morgan fingerprint density at radius 2 is 1.80 bits per heavy atom. The fraction of sp³-hybridized carbons (Fsp3) is 0.190. The summed E-state index contributed by atoms with van der Waals surface area (Å²) in [7, 11) is 0. The fourth-order valence-corrected chi connectivity index (χ4v) is 2.87. The number of carbonyl (C=O) groups excluding carboxylic acids is 1. The van der Waals surface area contributed by atoms with Crippen molar-refractivity contribution in [3.63, 3.8) is 0 Å². The first-order chi connectivity index (χ1) is 12.2. The van der Waals surface area contributed by atoms with Crippen LogP contribution in [0.15, 0.2) is 59.1 Å². The lowest BCUT2D eigenvalue weighted by Crippen LogP contribution is -2.08. The van der Waals surface area contributed by atoms with E-state index in [1.807, 2.05) is 30.3 Å². The van der Waals surface area contributed by atoms with E-state index in [0.29, 0.717) is 16.8 Å². The lowest BCUT2D eigenvalue weighted by atomic mass is 10.1. The van der Waals surface area contributed by atoms with Crippen molar-refractivity contribution in [1.82, 2.24) is 0 Å². The van der Waals surface area contributed by atoms with Gasteiger partial charge in [0.1, 0.15) is 17.4 Å². The molecule has 4 heteroatoms. The Morgan fingerprint density at radius 1 is 1.12 bits per heavy atom. The number of aliphatic hydroxyl groups is 1. The van der Waals surface area contributed by atoms with Gasteiger partial charge < -0.3 is 5.11 Å². The molecule has 0 radical (unpaired) electrons. The van der Waals surface area contributed by atoms with Gasteiger partial charge >= 0.3 is 0 Å². The van der Waals surface area contributed by atoms with Crippen molar-refractivity contribution in [3.05, 3.63) is 70.8 Å². The first kappa shape index (κ1) is 16.7. The number of nitrogens with zero attached hydrogens (tertiary/aromatic N) is 2. The number of carbonyl (C=O) groups is 1. The Balaban J connectivity index is 1.93. The first-order valence-corrected chi connectivity index (χ1v) is 8.31. The normalized spacial score (nSPS) is 13.8. The Bertz CT molecular complexity index is 916. The highest BCUT2D eigenvalue weighted by Gasteiger charge is 2.32. The zero-order valence-electron chi connectivity index (χ0n) is 14.0. The quantitative estimate of drug-likeness (QED) is 0.801. The summed E-state index contributed by atoms with van der Waals surface area (Å²) >= 11 is 0. The van der Waals surface area contributed by atoms with Gasteiger partial charge in [-0.2, -0.15) is 5.26 Å². The summed E-state index contributed by atoms with van der Waals surface area (Å²) in [4.78, 5) is 16.8. The minimum absolute atomic E-state index is 0.0289. The third-order valence-electron chi connectivity index (χ3n) is 4.23. The first-order valence-electron chi connectivity index (χ1n) is 8.31. The zero-order valence-corrected chi connectivity index (χ0v) is 14.0. The molecule has 0 fully saturated rings. The number of aryl methyl sites for hydroxylation is 1. The van der Waals surface area contributed by atoms with Crippen molar-refractivity contribution >= 4 is 22.9 Å². The number of unbranched alkanes of at least 4 members (excludes halogenated alkanes) is 1. The van der Waals surface area contributed by atoms with E-state index >= 15 is 0 Å². The average molecular weight is 330 g/mol. The van der Waals surface area contributed by atoms with Gasteiger partial charge in [-0.15, -0.1) is 0 Å². The van der Waals surface area contributed by atoms with Crippen molar-refractivity contribution in [2.45, 2.75) is 26.2 Å². The van der Waals surface area contributed by atoms with Crippen LogP contribution >= 0.6 is 0 Å². The van der Waals surface area contributed by atoms with E-state index in [1.54, 1.807) is 24.3 Å². The lowest BCUT2D eigenvalue weighted by molar-refractivity contribution is 0.104. The van der Waals surface area contributed by atoms with Gasteiger partial charge in [-0.1, -0.05) is 49.7 Å². The van der Waals surface area contributed by atoms with Crippen LogP contribution in [0, 0.1) is 11.3 Å². The van der Waals surface area contributed by atoms with E-state index in [-0.39, 0.29) is 22.8 Å². The average Bonchev–Trinajstić information content (AvgIpc) is 2.90. The van der Waals surface area contributed by atoms with Crippen molar-refractivity contribution in [1.29, 1.82) is 5.26 Å². The fourth-order valence-electron chi connectivity index (χ4n) is 2.87. The predicted octanol–water partition coefficient (Wildman–Crippen LogP) is 4.79. The molecule has 0 unspecified atom stereocenters. The van der Waals surface area contributed by atoms with Gasteiger partial charge in [0.2, 0.25) is 0 Å². The molecule has 0 spiro atoms. The topological polar surface area (TPSA) is 73.4 Å². The van der Waals surface area contributed by atoms with Gasteiger partial charge in [0.05, 0.1) is 5.69 Å². The molecule has 25 heavy (non-hydrogen) atoms. The van der Waals surface area contributed by atoms with Crippen LogP contribution in [0.1, 0.15) is 41.3 Å². The van der Waals surface area contributed by atoms with E-state index in [1.165, 1.54) is 5.56 Å². The number of ketones is 1. The summed E-state index contributed by atoms with van der Waals surface area (Å²) in [5.41, 5.74) is 2.54. The number of fused-ring (bicyclic) bond motifs is 1. The number of hydrogen-bond donors (Lipinski definition) is 1. The minimum atomic E-state index is -0.368. The van der Waals surface area contributed by atoms with Gasteiger partial charge in [-0.3, -0.25) is 4.79 Å². The second kappa shape index (κ2) is 7.14. The Morgan fingerprint density at radius 3 is 2.40 bits per heavy atom. The van der Waals surface area contributed by atoms with Crippen LogP contribution in [0.4, 0.5) is 5.69 Å². The standard InChI is InChI=1S/C21H18N2O2/c1-2-3-6-14-9-11-15(12-10-14)23-18(13-22)19-20(24)16-7-4-5-8-17(16)21(19)25/h4-5,7-12,24H,2-3,6H2,1H3. The molecular formula is C21H18N2O2. The van der Waals surface area contributed by atoms with E-state index in [4.69, 9.17) is 0 Å². The third kappa shape index (κ3) is 3.22. The Hall–Kier alpha value is -3.19. The van der Waals surface area contributed by atoms with Gasteiger partial charge in [0, 0.05) is 11.1 Å². The molecule has 2 aromatic carbocycles. The lowest BCUT2D eigenvalue weighted by Gasteiger charge is -2.02. The molecule has 0 aliphatic heterocycles. The highest BCUT2D eigenvalue weighted by molar-refractivity contribution is 6.39. The predicted molar refractivity (Wildman–Crippen MR) is 98.1 cm³/mol. The van der Waals surface area contributed by atoms with E-state index in [9.17, 15) is 15.2 Å². The smallest absolute Gasteiger partial charge is 0.200 e. The van der Waals surface area contributed by atoms with Crippen molar-refractivity contribution in [2.75, 3.05) is 0 Å². The van der Waals surface area contributed by atoms with Gasteiger partial charge in [-0.25, -0.2) is 4.99 Å². The number of aliphatic imine (C=N–C) groups is 1. The largest absolute Gasteiger partial charge is 0.506 e. The summed E-state index contributed by atoms with van der Waals surface area (Å²) in [5.74, 6) is -0.548. The SMILES string of the molecule is CCCCc1ccc(N=C(C#N)C2=C(O)c3ccccc3C2=O)cc1. The molecule has 4 nitrogen and oxygen atoms in total. The van der Waals surface area contributed by atoms with Crippen LogP contribution in [0.5, 0.6) is 0 Å². The van der Waals surface area contributed by atoms with Crippen LogP contribution in [-0.4, -0.2) is 16.6 Å². The maximum Gasteiger partial charge on any atom is 0.200 e. The molecule has 0 atom stereocenters. The molecule has 3 rings (SSSR count). The summed E-state index contributed by atoms with van der Waals surface area (Å²) < 4.78 is 0. The van der Waals surface area contributed by atoms with Crippen molar-refractivity contribution < 1.29 is 9.90 Å². The van der Waals surface area contributed by atoms with Gasteiger partial charge in [0.25, 0.3) is 0 Å². The van der Waals surface area contributed by atoms with Gasteiger partial charge in [0.15, 0.2) is 11.5 Å². The molecule has 2 aromatic rings. The number of rotatable bonds is 5. The summed E-state index contributed by atoms with van der Waals surface area (Å²) in [6.07, 6.45) is 3.26. The van der Waals surface area contributed by atoms with Crippen molar-refractivity contribution in [3.8, 4) is 6.07 Å². The molecular weight excluding hydrogens is 312 g/mol. The van der Waals surface area contributed by atoms with Crippen LogP contribution in [-0.2, 0) is 6.42 Å². The maximum absolute atomic E-state index is 12.5. The molecule has 124 valence electrons. The molecule has 0 heterocycles. The van der Waals surface area contributed by atoms with Crippen LogP contribution in [0.3, 0.4) is 0 Å². The third-order valence-corrected chi connectivity index (χ3v) is 4.23. The molecule has 1 N–H and O–H groups in total. The number of hydrogen-bond acceptors (Lipinski definition) is 4. The second-order valence-electron chi connectivity index (χ2n) is 5.94. The molecule has 0 saturated carbocycles. The van der Waals surface area contributed by atoms with E-state index in [2.05, 4.69) is 11.9 Å². The van der Waals surface area contributed by atoms with Crippen LogP contribution in [0.2, 0.25) is 0 Å². The number of allylic oxidation sites excluding steroid dienone is 1. The second-order valence-corrected chi connectivity index (χ2v) is 5.94. The minimum Gasteiger partial charge on any atom is -0.506 e. The molecule has 0 aromatic heterocycles. The highest BCUT2D eigenvalue weighted by atomic mass is 16.3. The molecule has 1 aliphatic rings. The number of aliphatic hydroxyl groups excluding tert-OH is 1. The molecule has 0 saturated heterocycles. The van der Waals surface area contributed by atoms with Crippen LogP contribution in [0.25, 0.3) is 5.76 Å². The summed E-state index contributed by atoms with van der Waals surface area (Å²) in [6.45, 7) is 2.15. The Kier molecular flexibility index (Phi) is 4.76. The summed E-state index contributed by atoms with van der Waals surface area (Å²) in [5, 5.41) is 19.8. The number of Topliss-reactive ketones (excluding diaryl/α,β-unsaturated/α-hetero) is 1. The van der Waals surface area contributed by atoms with Crippen molar-refractivity contribution in [2.24, 2.45) is 4.99 Å². The molecule has 0 amide bonds. The van der Waals surface area contributed by atoms with Gasteiger partial charge in [-0.05, 0) is 30.5 Å². The number of nitriles is 1. The summed E-state index contributed by atoms with van der Waals surface area (Å²) in [6, 6.07) is 16.3. The zero-order chi connectivity index (χ0) is 17.8. The highest BCUT2D eigenvalue weighted by Crippen LogP contribution is 2.32. The van der Waals surface area contributed by atoms with E-state index in [0.717, 1.165) is 19.3 Å².